The van der Waals surface area contributed by atoms with E-state index < -0.39 is 17.5 Å². The average molecular weight is 286 g/mol. The van der Waals surface area contributed by atoms with Gasteiger partial charge < -0.3 is 14.6 Å². The van der Waals surface area contributed by atoms with Gasteiger partial charge in [-0.15, -0.1) is 0 Å². The van der Waals surface area contributed by atoms with Gasteiger partial charge in [0.1, 0.15) is 5.76 Å². The summed E-state index contributed by atoms with van der Waals surface area (Å²) in [7, 11) is 0. The Balaban J connectivity index is 1.85. The molecule has 0 unspecified atom stereocenters. The number of rotatable bonds is 2. The summed E-state index contributed by atoms with van der Waals surface area (Å²) in [6.45, 7) is 3.31. The van der Waals surface area contributed by atoms with E-state index in [4.69, 9.17) is 9.26 Å². The Hall–Kier alpha value is -2.63. The number of esters is 1. The Bertz CT molecular complexity index is 722. The van der Waals surface area contributed by atoms with Gasteiger partial charge in [0.2, 0.25) is 0 Å². The number of nitrogens with zero attached hydrogens (tertiary/aromatic N) is 1. The van der Waals surface area contributed by atoms with Crippen molar-refractivity contribution in [2.75, 3.05) is 5.32 Å². The summed E-state index contributed by atoms with van der Waals surface area (Å²) < 4.78 is 10.2. The lowest BCUT2D eigenvalue weighted by Gasteiger charge is -2.32. The summed E-state index contributed by atoms with van der Waals surface area (Å²) in [5, 5.41) is 6.30. The maximum absolute atomic E-state index is 12.4. The Morgan fingerprint density at radius 2 is 2.14 bits per heavy atom. The van der Waals surface area contributed by atoms with Crippen LogP contribution < -0.4 is 5.32 Å². The van der Waals surface area contributed by atoms with Gasteiger partial charge in [-0.3, -0.25) is 4.79 Å². The van der Waals surface area contributed by atoms with Crippen LogP contribution in [-0.2, 0) is 16.0 Å². The van der Waals surface area contributed by atoms with E-state index in [1.165, 1.54) is 0 Å². The van der Waals surface area contributed by atoms with Gasteiger partial charge in [-0.1, -0.05) is 23.4 Å². The first-order chi connectivity index (χ1) is 9.98. The van der Waals surface area contributed by atoms with Gasteiger partial charge in [0.05, 0.1) is 5.56 Å². The molecule has 1 aromatic carbocycles. The van der Waals surface area contributed by atoms with Crippen molar-refractivity contribution >= 4 is 17.7 Å². The number of amides is 1. The van der Waals surface area contributed by atoms with Crippen molar-refractivity contribution in [3.05, 3.63) is 47.2 Å². The number of anilines is 1. The number of hydrogen-bond donors (Lipinski definition) is 1. The van der Waals surface area contributed by atoms with Gasteiger partial charge in [-0.2, -0.15) is 0 Å². The molecule has 0 saturated carbocycles. The Kier molecular flexibility index (Phi) is 3.01. The SMILES string of the molecule is Cc1cc(NC(=O)[C@@]2(C)Cc3ccccc3C(=O)O2)no1. The van der Waals surface area contributed by atoms with Crippen LogP contribution in [0.15, 0.2) is 34.9 Å². The highest BCUT2D eigenvalue weighted by molar-refractivity contribution is 6.02. The fourth-order valence-electron chi connectivity index (χ4n) is 2.33. The molecule has 1 atom stereocenters. The zero-order valence-electron chi connectivity index (χ0n) is 11.7. The molecule has 0 bridgehead atoms. The van der Waals surface area contributed by atoms with Crippen LogP contribution in [0.1, 0.15) is 28.6 Å². The van der Waals surface area contributed by atoms with Gasteiger partial charge in [0, 0.05) is 12.5 Å². The normalized spacial score (nSPS) is 20.6. The first-order valence-electron chi connectivity index (χ1n) is 6.54. The minimum Gasteiger partial charge on any atom is -0.445 e. The lowest BCUT2D eigenvalue weighted by Crippen LogP contribution is -2.48. The fourth-order valence-corrected chi connectivity index (χ4v) is 2.33. The maximum atomic E-state index is 12.4. The minimum absolute atomic E-state index is 0.300. The lowest BCUT2D eigenvalue weighted by molar-refractivity contribution is -0.134. The molecule has 2 heterocycles. The van der Waals surface area contributed by atoms with Crippen LogP contribution in [0.2, 0.25) is 0 Å². The zero-order chi connectivity index (χ0) is 15.0. The second-order valence-corrected chi connectivity index (χ2v) is 5.23. The Morgan fingerprint density at radius 3 is 2.86 bits per heavy atom. The van der Waals surface area contributed by atoms with E-state index in [9.17, 15) is 9.59 Å². The summed E-state index contributed by atoms with van der Waals surface area (Å²) >= 11 is 0. The van der Waals surface area contributed by atoms with E-state index in [0.29, 0.717) is 23.6 Å². The largest absolute Gasteiger partial charge is 0.445 e. The molecule has 108 valence electrons. The van der Waals surface area contributed by atoms with Gasteiger partial charge in [-0.25, -0.2) is 4.79 Å². The van der Waals surface area contributed by atoms with Crippen molar-refractivity contribution < 1.29 is 18.8 Å². The number of cyclic esters (lactones) is 1. The summed E-state index contributed by atoms with van der Waals surface area (Å²) in [4.78, 5) is 24.4. The van der Waals surface area contributed by atoms with Crippen LogP contribution in [0.25, 0.3) is 0 Å². The molecule has 0 saturated heterocycles. The first-order valence-corrected chi connectivity index (χ1v) is 6.54. The predicted molar refractivity (Wildman–Crippen MR) is 73.8 cm³/mol. The summed E-state index contributed by atoms with van der Waals surface area (Å²) in [6, 6.07) is 8.70. The molecule has 0 radical (unpaired) electrons. The molecule has 0 aliphatic carbocycles. The molecular weight excluding hydrogens is 272 g/mol. The van der Waals surface area contributed by atoms with Crippen molar-refractivity contribution in [1.29, 1.82) is 0 Å². The minimum atomic E-state index is -1.27. The Labute approximate surface area is 121 Å². The maximum Gasteiger partial charge on any atom is 0.339 e. The average Bonchev–Trinajstić information content (AvgIpc) is 2.84. The highest BCUT2D eigenvalue weighted by atomic mass is 16.6. The van der Waals surface area contributed by atoms with Crippen molar-refractivity contribution in [3.8, 4) is 0 Å². The van der Waals surface area contributed by atoms with Crippen LogP contribution in [0.3, 0.4) is 0 Å². The quantitative estimate of drug-likeness (QED) is 0.855. The van der Waals surface area contributed by atoms with E-state index in [2.05, 4.69) is 10.5 Å². The monoisotopic (exact) mass is 286 g/mol. The molecule has 21 heavy (non-hydrogen) atoms. The zero-order valence-corrected chi connectivity index (χ0v) is 11.7. The van der Waals surface area contributed by atoms with Crippen molar-refractivity contribution in [2.24, 2.45) is 0 Å². The number of hydrogen-bond acceptors (Lipinski definition) is 5. The molecule has 6 heteroatoms. The summed E-state index contributed by atoms with van der Waals surface area (Å²) in [5.74, 6) is -0.0421. The third-order valence-electron chi connectivity index (χ3n) is 3.43. The number of nitrogens with one attached hydrogen (secondary N) is 1. The van der Waals surface area contributed by atoms with Crippen LogP contribution in [0, 0.1) is 6.92 Å². The Morgan fingerprint density at radius 1 is 1.38 bits per heavy atom. The van der Waals surface area contributed by atoms with E-state index in [0.717, 1.165) is 5.56 Å². The van der Waals surface area contributed by atoms with Gasteiger partial charge in [-0.05, 0) is 25.5 Å². The number of fused-ring (bicyclic) bond motifs is 1. The van der Waals surface area contributed by atoms with Gasteiger partial charge >= 0.3 is 5.97 Å². The third-order valence-corrected chi connectivity index (χ3v) is 3.43. The standard InChI is InChI=1S/C15H14N2O4/c1-9-7-12(17-21-9)16-14(19)15(2)8-10-5-3-4-6-11(10)13(18)20-15/h3-7H,8H2,1-2H3,(H,16,17,19)/t15-/m1/s1. The second-order valence-electron chi connectivity index (χ2n) is 5.23. The van der Waals surface area contributed by atoms with Gasteiger partial charge in [0.15, 0.2) is 11.4 Å². The topological polar surface area (TPSA) is 81.4 Å². The molecule has 1 aromatic heterocycles. The molecule has 1 N–H and O–H groups in total. The smallest absolute Gasteiger partial charge is 0.339 e. The summed E-state index contributed by atoms with van der Waals surface area (Å²) in [5.41, 5.74) is 0.0287. The third kappa shape index (κ3) is 2.40. The first kappa shape index (κ1) is 13.4. The van der Waals surface area contributed by atoms with Crippen molar-refractivity contribution in [3.63, 3.8) is 0 Å². The highest BCUT2D eigenvalue weighted by Gasteiger charge is 2.42. The number of carbonyl (C=O) groups excluding carboxylic acids is 2. The fraction of sp³-hybridized carbons (Fsp3) is 0.267. The second kappa shape index (κ2) is 4.73. The molecule has 1 aliphatic heterocycles. The van der Waals surface area contributed by atoms with Gasteiger partial charge in [0.25, 0.3) is 5.91 Å². The predicted octanol–water partition coefficient (Wildman–Crippen LogP) is 2.09. The van der Waals surface area contributed by atoms with Crippen LogP contribution in [0.4, 0.5) is 5.82 Å². The number of aromatic nitrogens is 1. The van der Waals surface area contributed by atoms with Crippen molar-refractivity contribution in [1.82, 2.24) is 5.16 Å². The van der Waals surface area contributed by atoms with E-state index in [1.54, 1.807) is 32.0 Å². The van der Waals surface area contributed by atoms with Crippen LogP contribution in [0.5, 0.6) is 0 Å². The highest BCUT2D eigenvalue weighted by Crippen LogP contribution is 2.29. The van der Waals surface area contributed by atoms with Crippen LogP contribution >= 0.6 is 0 Å². The molecule has 2 aromatic rings. The molecule has 3 rings (SSSR count). The number of ether oxygens (including phenoxy) is 1. The molecule has 0 spiro atoms. The molecule has 1 aliphatic rings. The summed E-state index contributed by atoms with van der Waals surface area (Å²) in [6.07, 6.45) is 0.317. The molecule has 1 amide bonds. The van der Waals surface area contributed by atoms with E-state index in [-0.39, 0.29) is 0 Å². The molecule has 0 fully saturated rings. The number of carbonyl (C=O) groups is 2. The van der Waals surface area contributed by atoms with E-state index in [1.807, 2.05) is 12.1 Å². The lowest BCUT2D eigenvalue weighted by atomic mass is 9.89. The van der Waals surface area contributed by atoms with E-state index >= 15 is 0 Å². The van der Waals surface area contributed by atoms with Crippen molar-refractivity contribution in [2.45, 2.75) is 25.9 Å². The number of aryl methyl sites for hydroxylation is 1. The molecular formula is C15H14N2O4. The number of benzene rings is 1. The van der Waals surface area contributed by atoms with Crippen LogP contribution in [-0.4, -0.2) is 22.6 Å². The molecule has 6 nitrogen and oxygen atoms in total.